The second kappa shape index (κ2) is 4.59. The van der Waals surface area contributed by atoms with Crippen LogP contribution in [0.15, 0.2) is 59.1 Å². The minimum absolute atomic E-state index is 0.223. The van der Waals surface area contributed by atoms with Crippen molar-refractivity contribution in [2.24, 2.45) is 0 Å². The monoisotopic (exact) mass is 314 g/mol. The molecule has 0 spiro atoms. The van der Waals surface area contributed by atoms with Gasteiger partial charge in [0.25, 0.3) is 0 Å². The van der Waals surface area contributed by atoms with E-state index in [9.17, 15) is 10.2 Å². The Morgan fingerprint density at radius 3 is 2.21 bits per heavy atom. The van der Waals surface area contributed by atoms with Gasteiger partial charge in [0, 0.05) is 4.47 Å². The normalized spacial score (nSPS) is 10.8. The van der Waals surface area contributed by atoms with Crippen molar-refractivity contribution in [3.8, 4) is 22.6 Å². The summed E-state index contributed by atoms with van der Waals surface area (Å²) in [5, 5.41) is 21.2. The van der Waals surface area contributed by atoms with Gasteiger partial charge in [-0.05, 0) is 58.3 Å². The smallest absolute Gasteiger partial charge is 0.117 e. The molecule has 0 amide bonds. The number of fused-ring (bicyclic) bond motifs is 1. The van der Waals surface area contributed by atoms with Gasteiger partial charge in [-0.15, -0.1) is 0 Å². The van der Waals surface area contributed by atoms with Crippen molar-refractivity contribution in [2.75, 3.05) is 0 Å². The highest BCUT2D eigenvalue weighted by Gasteiger charge is 2.03. The molecule has 19 heavy (non-hydrogen) atoms. The van der Waals surface area contributed by atoms with Crippen LogP contribution in [0.5, 0.6) is 11.5 Å². The molecule has 0 saturated heterocycles. The summed E-state index contributed by atoms with van der Waals surface area (Å²) < 4.78 is 0.832. The summed E-state index contributed by atoms with van der Waals surface area (Å²) >= 11 is 3.37. The van der Waals surface area contributed by atoms with E-state index >= 15 is 0 Å². The quantitative estimate of drug-likeness (QED) is 0.684. The molecule has 0 aliphatic carbocycles. The highest BCUT2D eigenvalue weighted by atomic mass is 79.9. The summed E-state index contributed by atoms with van der Waals surface area (Å²) in [4.78, 5) is 0. The van der Waals surface area contributed by atoms with E-state index < -0.39 is 0 Å². The van der Waals surface area contributed by atoms with Crippen LogP contribution < -0.4 is 0 Å². The lowest BCUT2D eigenvalue weighted by Gasteiger charge is -2.06. The molecule has 0 saturated carbocycles. The van der Waals surface area contributed by atoms with E-state index in [1.54, 1.807) is 24.3 Å². The number of halogens is 1. The molecular formula is C16H11BrO2. The van der Waals surface area contributed by atoms with E-state index in [4.69, 9.17) is 0 Å². The van der Waals surface area contributed by atoms with E-state index in [1.807, 2.05) is 30.3 Å². The predicted molar refractivity (Wildman–Crippen MR) is 80.4 cm³/mol. The standard InChI is InChI=1S/C16H11BrO2/c17-14-6-13(8-16(19)9-14)11-2-1-10-3-4-15(18)7-12(10)5-11/h1-9,18-19H. The van der Waals surface area contributed by atoms with Crippen LogP contribution >= 0.6 is 15.9 Å². The SMILES string of the molecule is Oc1cc(Br)cc(-c2ccc3ccc(O)cc3c2)c1. The van der Waals surface area contributed by atoms with Gasteiger partial charge < -0.3 is 10.2 Å². The minimum atomic E-state index is 0.223. The van der Waals surface area contributed by atoms with Crippen LogP contribution in [0, 0.1) is 0 Å². The first kappa shape index (κ1) is 12.1. The zero-order chi connectivity index (χ0) is 13.4. The topological polar surface area (TPSA) is 40.5 Å². The van der Waals surface area contributed by atoms with E-state index in [1.165, 1.54) is 0 Å². The highest BCUT2D eigenvalue weighted by molar-refractivity contribution is 9.10. The fourth-order valence-electron chi connectivity index (χ4n) is 2.15. The van der Waals surface area contributed by atoms with Gasteiger partial charge in [-0.3, -0.25) is 0 Å². The molecule has 3 aromatic rings. The molecule has 94 valence electrons. The van der Waals surface area contributed by atoms with Gasteiger partial charge in [0.1, 0.15) is 11.5 Å². The fourth-order valence-corrected chi connectivity index (χ4v) is 2.64. The number of aromatic hydroxyl groups is 2. The molecule has 3 rings (SSSR count). The minimum Gasteiger partial charge on any atom is -0.508 e. The Labute approximate surface area is 119 Å². The molecule has 3 heteroatoms. The Balaban J connectivity index is 2.19. The van der Waals surface area contributed by atoms with Crippen molar-refractivity contribution in [2.45, 2.75) is 0 Å². The van der Waals surface area contributed by atoms with Crippen molar-refractivity contribution in [1.29, 1.82) is 0 Å². The first-order valence-electron chi connectivity index (χ1n) is 5.84. The van der Waals surface area contributed by atoms with E-state index in [0.29, 0.717) is 0 Å². The van der Waals surface area contributed by atoms with Gasteiger partial charge >= 0.3 is 0 Å². The van der Waals surface area contributed by atoms with Crippen LogP contribution in [0.4, 0.5) is 0 Å². The number of phenols is 2. The molecule has 0 bridgehead atoms. The Morgan fingerprint density at radius 1 is 0.632 bits per heavy atom. The molecule has 2 N–H and O–H groups in total. The van der Waals surface area contributed by atoms with Crippen molar-refractivity contribution < 1.29 is 10.2 Å². The Kier molecular flexibility index (Phi) is 2.91. The highest BCUT2D eigenvalue weighted by Crippen LogP contribution is 2.31. The second-order valence-corrected chi connectivity index (χ2v) is 5.36. The maximum Gasteiger partial charge on any atom is 0.117 e. The van der Waals surface area contributed by atoms with E-state index in [2.05, 4.69) is 15.9 Å². The number of phenolic OH excluding ortho intramolecular Hbond substituents is 2. The third-order valence-corrected chi connectivity index (χ3v) is 3.50. The lowest BCUT2D eigenvalue weighted by molar-refractivity contribution is 0.475. The summed E-state index contributed by atoms with van der Waals surface area (Å²) in [6.45, 7) is 0. The van der Waals surface area contributed by atoms with Crippen LogP contribution in [0.25, 0.3) is 21.9 Å². The molecule has 0 radical (unpaired) electrons. The zero-order valence-corrected chi connectivity index (χ0v) is 11.6. The summed E-state index contributed by atoms with van der Waals surface area (Å²) in [5.41, 5.74) is 1.92. The lowest BCUT2D eigenvalue weighted by atomic mass is 10.0. The molecule has 2 nitrogen and oxygen atoms in total. The Hall–Kier alpha value is -2.00. The third kappa shape index (κ3) is 2.42. The number of rotatable bonds is 1. The van der Waals surface area contributed by atoms with E-state index in [0.717, 1.165) is 26.4 Å². The number of hydrogen-bond acceptors (Lipinski definition) is 2. The maximum atomic E-state index is 9.64. The van der Waals surface area contributed by atoms with Gasteiger partial charge in [-0.1, -0.05) is 34.1 Å². The first-order chi connectivity index (χ1) is 9.11. The van der Waals surface area contributed by atoms with Gasteiger partial charge in [0.05, 0.1) is 0 Å². The first-order valence-corrected chi connectivity index (χ1v) is 6.64. The predicted octanol–water partition coefficient (Wildman–Crippen LogP) is 4.68. The molecule has 0 aromatic heterocycles. The van der Waals surface area contributed by atoms with Crippen LogP contribution in [0.3, 0.4) is 0 Å². The van der Waals surface area contributed by atoms with Crippen LogP contribution in [0.2, 0.25) is 0 Å². The lowest BCUT2D eigenvalue weighted by Crippen LogP contribution is -1.80. The molecule has 0 heterocycles. The van der Waals surface area contributed by atoms with Gasteiger partial charge in [0.2, 0.25) is 0 Å². The Morgan fingerprint density at radius 2 is 1.42 bits per heavy atom. The summed E-state index contributed by atoms with van der Waals surface area (Å²) in [7, 11) is 0. The molecule has 0 atom stereocenters. The van der Waals surface area contributed by atoms with Crippen LogP contribution in [-0.4, -0.2) is 10.2 Å². The molecule has 0 aliphatic heterocycles. The number of benzene rings is 3. The third-order valence-electron chi connectivity index (χ3n) is 3.04. The number of hydrogen-bond donors (Lipinski definition) is 2. The summed E-state index contributed by atoms with van der Waals surface area (Å²) in [6, 6.07) is 16.6. The van der Waals surface area contributed by atoms with Crippen molar-refractivity contribution in [3.63, 3.8) is 0 Å². The molecule has 0 unspecified atom stereocenters. The van der Waals surface area contributed by atoms with Gasteiger partial charge in [-0.2, -0.15) is 0 Å². The largest absolute Gasteiger partial charge is 0.508 e. The van der Waals surface area contributed by atoms with Gasteiger partial charge in [0.15, 0.2) is 0 Å². The zero-order valence-electron chi connectivity index (χ0n) is 9.97. The van der Waals surface area contributed by atoms with Crippen LogP contribution in [-0.2, 0) is 0 Å². The van der Waals surface area contributed by atoms with Gasteiger partial charge in [-0.25, -0.2) is 0 Å². The molecule has 0 fully saturated rings. The van der Waals surface area contributed by atoms with Crippen LogP contribution in [0.1, 0.15) is 0 Å². The molecule has 0 aliphatic rings. The fraction of sp³-hybridized carbons (Fsp3) is 0. The average molecular weight is 315 g/mol. The maximum absolute atomic E-state index is 9.64. The molecular weight excluding hydrogens is 304 g/mol. The van der Waals surface area contributed by atoms with E-state index in [-0.39, 0.29) is 11.5 Å². The van der Waals surface area contributed by atoms with Crippen molar-refractivity contribution in [3.05, 3.63) is 59.1 Å². The average Bonchev–Trinajstić information content (AvgIpc) is 2.36. The second-order valence-electron chi connectivity index (χ2n) is 4.44. The Bertz CT molecular complexity index is 746. The van der Waals surface area contributed by atoms with Crippen molar-refractivity contribution in [1.82, 2.24) is 0 Å². The van der Waals surface area contributed by atoms with Crippen molar-refractivity contribution >= 4 is 26.7 Å². The summed E-state index contributed by atoms with van der Waals surface area (Å²) in [6.07, 6.45) is 0. The summed E-state index contributed by atoms with van der Waals surface area (Å²) in [5.74, 6) is 0.474. The molecule has 3 aromatic carbocycles.